The zero-order valence-electron chi connectivity index (χ0n) is 12.0. The average molecular weight is 334 g/mol. The first kappa shape index (κ1) is 15.0. The van der Waals surface area contributed by atoms with Gasteiger partial charge in [-0.2, -0.15) is 0 Å². The molecule has 1 heterocycles. The van der Waals surface area contributed by atoms with E-state index in [1.807, 2.05) is 6.07 Å². The van der Waals surface area contributed by atoms with Gasteiger partial charge in [-0.1, -0.05) is 32.4 Å². The molecule has 0 aliphatic heterocycles. The van der Waals surface area contributed by atoms with Crippen molar-refractivity contribution >= 4 is 27.4 Å². The SMILES string of the molecule is CCCc1ccc(Nc2cc(Br)nc(CCC)n2)cc1. The molecule has 106 valence electrons. The van der Waals surface area contributed by atoms with E-state index in [2.05, 4.69) is 69.3 Å². The second-order valence-corrected chi connectivity index (χ2v) is 5.63. The van der Waals surface area contributed by atoms with Gasteiger partial charge in [0.15, 0.2) is 0 Å². The van der Waals surface area contributed by atoms with E-state index in [0.717, 1.165) is 41.2 Å². The Morgan fingerprint density at radius 3 is 2.35 bits per heavy atom. The summed E-state index contributed by atoms with van der Waals surface area (Å²) in [4.78, 5) is 8.89. The molecule has 2 aromatic rings. The number of aromatic nitrogens is 2. The van der Waals surface area contributed by atoms with E-state index in [1.165, 1.54) is 12.0 Å². The number of hydrogen-bond donors (Lipinski definition) is 1. The molecule has 20 heavy (non-hydrogen) atoms. The van der Waals surface area contributed by atoms with Crippen molar-refractivity contribution < 1.29 is 0 Å². The maximum atomic E-state index is 4.53. The molecule has 0 unspecified atom stereocenters. The highest BCUT2D eigenvalue weighted by molar-refractivity contribution is 9.10. The van der Waals surface area contributed by atoms with Gasteiger partial charge in [0, 0.05) is 18.2 Å². The lowest BCUT2D eigenvalue weighted by atomic mass is 10.1. The van der Waals surface area contributed by atoms with Crippen LogP contribution >= 0.6 is 15.9 Å². The van der Waals surface area contributed by atoms with E-state index < -0.39 is 0 Å². The maximum Gasteiger partial charge on any atom is 0.135 e. The fourth-order valence-corrected chi connectivity index (χ4v) is 2.48. The number of aryl methyl sites for hydroxylation is 2. The van der Waals surface area contributed by atoms with Crippen molar-refractivity contribution in [2.75, 3.05) is 5.32 Å². The van der Waals surface area contributed by atoms with Crippen LogP contribution in [0.3, 0.4) is 0 Å². The summed E-state index contributed by atoms with van der Waals surface area (Å²) in [7, 11) is 0. The number of rotatable bonds is 6. The lowest BCUT2D eigenvalue weighted by molar-refractivity contribution is 0.831. The molecule has 0 saturated heterocycles. The molecule has 1 aromatic heterocycles. The minimum atomic E-state index is 0.820. The lowest BCUT2D eigenvalue weighted by Gasteiger charge is -2.08. The van der Waals surface area contributed by atoms with Crippen LogP contribution in [0.5, 0.6) is 0 Å². The van der Waals surface area contributed by atoms with Gasteiger partial charge < -0.3 is 5.32 Å². The van der Waals surface area contributed by atoms with E-state index in [9.17, 15) is 0 Å². The third kappa shape index (κ3) is 4.30. The number of benzene rings is 1. The van der Waals surface area contributed by atoms with Crippen LogP contribution in [0, 0.1) is 0 Å². The number of nitrogens with zero attached hydrogens (tertiary/aromatic N) is 2. The predicted octanol–water partition coefficient (Wildman–Crippen LogP) is 4.89. The smallest absolute Gasteiger partial charge is 0.135 e. The normalized spacial score (nSPS) is 10.6. The van der Waals surface area contributed by atoms with Crippen molar-refractivity contribution in [2.24, 2.45) is 0 Å². The van der Waals surface area contributed by atoms with Gasteiger partial charge in [-0.25, -0.2) is 9.97 Å². The maximum absolute atomic E-state index is 4.53. The zero-order chi connectivity index (χ0) is 14.4. The molecule has 0 aliphatic rings. The molecule has 0 atom stereocenters. The molecule has 1 aromatic carbocycles. The molecule has 0 bridgehead atoms. The molecule has 3 nitrogen and oxygen atoms in total. The second kappa shape index (κ2) is 7.39. The number of nitrogens with one attached hydrogen (secondary N) is 1. The molecule has 0 amide bonds. The summed E-state index contributed by atoms with van der Waals surface area (Å²) >= 11 is 3.44. The van der Waals surface area contributed by atoms with E-state index in [0.29, 0.717) is 0 Å². The summed E-state index contributed by atoms with van der Waals surface area (Å²) in [6, 6.07) is 10.4. The molecule has 0 fully saturated rings. The molecule has 0 spiro atoms. The van der Waals surface area contributed by atoms with E-state index in [-0.39, 0.29) is 0 Å². The minimum absolute atomic E-state index is 0.820. The topological polar surface area (TPSA) is 37.8 Å². The molecule has 0 aliphatic carbocycles. The average Bonchev–Trinajstić information content (AvgIpc) is 2.41. The van der Waals surface area contributed by atoms with E-state index in [4.69, 9.17) is 0 Å². The largest absolute Gasteiger partial charge is 0.340 e. The first-order valence-electron chi connectivity index (χ1n) is 7.10. The Balaban J connectivity index is 2.12. The summed E-state index contributed by atoms with van der Waals surface area (Å²) in [6.45, 7) is 4.32. The van der Waals surface area contributed by atoms with Crippen LogP contribution in [-0.2, 0) is 12.8 Å². The van der Waals surface area contributed by atoms with Gasteiger partial charge in [-0.15, -0.1) is 0 Å². The van der Waals surface area contributed by atoms with Crippen molar-refractivity contribution in [3.8, 4) is 0 Å². The Labute approximate surface area is 129 Å². The quantitative estimate of drug-likeness (QED) is 0.765. The Morgan fingerprint density at radius 1 is 1.00 bits per heavy atom. The van der Waals surface area contributed by atoms with Gasteiger partial charge in [0.05, 0.1) is 0 Å². The van der Waals surface area contributed by atoms with Crippen molar-refractivity contribution in [2.45, 2.75) is 39.5 Å². The first-order chi connectivity index (χ1) is 9.71. The summed E-state index contributed by atoms with van der Waals surface area (Å²) in [5.41, 5.74) is 2.42. The highest BCUT2D eigenvalue weighted by atomic mass is 79.9. The second-order valence-electron chi connectivity index (χ2n) is 4.81. The fraction of sp³-hybridized carbons (Fsp3) is 0.375. The van der Waals surface area contributed by atoms with Gasteiger partial charge >= 0.3 is 0 Å². The summed E-state index contributed by atoms with van der Waals surface area (Å²) in [6.07, 6.45) is 4.23. The molecule has 0 radical (unpaired) electrons. The molecule has 4 heteroatoms. The highest BCUT2D eigenvalue weighted by Gasteiger charge is 2.03. The Morgan fingerprint density at radius 2 is 1.70 bits per heavy atom. The standard InChI is InChI=1S/C16H20BrN3/c1-3-5-12-7-9-13(10-8-12)18-16-11-14(17)19-15(20-16)6-4-2/h7-11H,3-6H2,1-2H3,(H,18,19,20). The van der Waals surface area contributed by atoms with Crippen LogP contribution in [-0.4, -0.2) is 9.97 Å². The monoisotopic (exact) mass is 333 g/mol. The highest BCUT2D eigenvalue weighted by Crippen LogP contribution is 2.19. The summed E-state index contributed by atoms with van der Waals surface area (Å²) in [5.74, 6) is 1.70. The van der Waals surface area contributed by atoms with Crippen LogP contribution in [0.1, 0.15) is 38.1 Å². The Kier molecular flexibility index (Phi) is 5.53. The molecular formula is C16H20BrN3. The number of halogens is 1. The van der Waals surface area contributed by atoms with Crippen molar-refractivity contribution in [3.63, 3.8) is 0 Å². The fourth-order valence-electron chi connectivity index (χ4n) is 2.06. The minimum Gasteiger partial charge on any atom is -0.340 e. The third-order valence-electron chi connectivity index (χ3n) is 2.98. The summed E-state index contributed by atoms with van der Waals surface area (Å²) < 4.78 is 0.820. The van der Waals surface area contributed by atoms with Crippen LogP contribution in [0.15, 0.2) is 34.9 Å². The predicted molar refractivity (Wildman–Crippen MR) is 87.4 cm³/mol. The van der Waals surface area contributed by atoms with Gasteiger partial charge in [0.2, 0.25) is 0 Å². The van der Waals surface area contributed by atoms with E-state index in [1.54, 1.807) is 0 Å². The van der Waals surface area contributed by atoms with E-state index >= 15 is 0 Å². The van der Waals surface area contributed by atoms with Gasteiger partial charge in [0.1, 0.15) is 16.2 Å². The van der Waals surface area contributed by atoms with Crippen molar-refractivity contribution in [3.05, 3.63) is 46.3 Å². The van der Waals surface area contributed by atoms with Gasteiger partial charge in [-0.3, -0.25) is 0 Å². The van der Waals surface area contributed by atoms with Crippen LogP contribution < -0.4 is 5.32 Å². The zero-order valence-corrected chi connectivity index (χ0v) is 13.6. The van der Waals surface area contributed by atoms with Crippen molar-refractivity contribution in [1.82, 2.24) is 9.97 Å². The first-order valence-corrected chi connectivity index (χ1v) is 7.90. The van der Waals surface area contributed by atoms with Crippen LogP contribution in [0.2, 0.25) is 0 Å². The van der Waals surface area contributed by atoms with Crippen LogP contribution in [0.4, 0.5) is 11.5 Å². The summed E-state index contributed by atoms with van der Waals surface area (Å²) in [5, 5.41) is 3.33. The number of anilines is 2. The van der Waals surface area contributed by atoms with Gasteiger partial charge in [0.25, 0.3) is 0 Å². The molecule has 0 saturated carbocycles. The lowest BCUT2D eigenvalue weighted by Crippen LogP contribution is -2.00. The van der Waals surface area contributed by atoms with Gasteiger partial charge in [-0.05, 0) is 46.5 Å². The van der Waals surface area contributed by atoms with Crippen LogP contribution in [0.25, 0.3) is 0 Å². The Hall–Kier alpha value is -1.42. The third-order valence-corrected chi connectivity index (χ3v) is 3.39. The molecule has 2 rings (SSSR count). The number of hydrogen-bond acceptors (Lipinski definition) is 3. The van der Waals surface area contributed by atoms with Crippen molar-refractivity contribution in [1.29, 1.82) is 0 Å². The molecular weight excluding hydrogens is 314 g/mol. The molecule has 1 N–H and O–H groups in total. The Bertz CT molecular complexity index is 552.